The molecule has 30 heavy (non-hydrogen) atoms. The first-order chi connectivity index (χ1) is 14.7. The van der Waals surface area contributed by atoms with Crippen LogP contribution < -0.4 is 4.74 Å². The largest absolute Gasteiger partial charge is 0.491 e. The van der Waals surface area contributed by atoms with Crippen molar-refractivity contribution < 1.29 is 19.1 Å². The van der Waals surface area contributed by atoms with Gasteiger partial charge in [-0.25, -0.2) is 0 Å². The van der Waals surface area contributed by atoms with Crippen molar-refractivity contribution in [3.8, 4) is 5.75 Å². The van der Waals surface area contributed by atoms with Crippen LogP contribution in [0.1, 0.15) is 42.5 Å². The fraction of sp³-hybridized carbons (Fsp3) is 0.652. The lowest BCUT2D eigenvalue weighted by Crippen LogP contribution is -2.52. The van der Waals surface area contributed by atoms with Crippen LogP contribution in [0.3, 0.4) is 0 Å². The van der Waals surface area contributed by atoms with Crippen LogP contribution in [0, 0.1) is 0 Å². The van der Waals surface area contributed by atoms with Crippen LogP contribution in [0.15, 0.2) is 24.3 Å². The molecule has 2 amide bonds. The van der Waals surface area contributed by atoms with Gasteiger partial charge in [0.05, 0.1) is 12.6 Å². The molecule has 164 valence electrons. The Balaban J connectivity index is 1.21. The molecule has 0 saturated carbocycles. The molecule has 1 aromatic carbocycles. The summed E-state index contributed by atoms with van der Waals surface area (Å²) in [7, 11) is 0. The van der Waals surface area contributed by atoms with Gasteiger partial charge < -0.3 is 19.3 Å². The Morgan fingerprint density at radius 2 is 1.63 bits per heavy atom. The van der Waals surface area contributed by atoms with Crippen LogP contribution in [0.4, 0.5) is 0 Å². The second-order valence-electron chi connectivity index (χ2n) is 8.48. The summed E-state index contributed by atoms with van der Waals surface area (Å²) in [5, 5.41) is 0. The average Bonchev–Trinajstić information content (AvgIpc) is 3.32. The second kappa shape index (κ2) is 10.3. The molecular weight excluding hydrogens is 382 g/mol. The molecule has 1 aromatic rings. The number of rotatable bonds is 6. The van der Waals surface area contributed by atoms with E-state index in [0.717, 1.165) is 64.2 Å². The van der Waals surface area contributed by atoms with Gasteiger partial charge in [0.15, 0.2) is 0 Å². The fourth-order valence-electron chi connectivity index (χ4n) is 4.38. The number of amides is 2. The first-order valence-electron chi connectivity index (χ1n) is 11.3. The van der Waals surface area contributed by atoms with E-state index >= 15 is 0 Å². The zero-order valence-corrected chi connectivity index (χ0v) is 17.8. The summed E-state index contributed by atoms with van der Waals surface area (Å²) in [6.07, 6.45) is 5.79. The van der Waals surface area contributed by atoms with Crippen LogP contribution >= 0.6 is 0 Å². The Morgan fingerprint density at radius 1 is 0.900 bits per heavy atom. The standard InChI is InChI=1S/C23H33N3O4/c27-22(25-10-2-1-3-11-25)17-24-12-14-26(15-13-24)23(28)19-6-8-20(9-7-19)30-18-21-5-4-16-29-21/h6-9,21H,1-5,10-18H2. The lowest BCUT2D eigenvalue weighted by Gasteiger charge is -2.36. The molecule has 0 radical (unpaired) electrons. The molecule has 7 nitrogen and oxygen atoms in total. The number of nitrogens with zero attached hydrogens (tertiary/aromatic N) is 3. The smallest absolute Gasteiger partial charge is 0.253 e. The summed E-state index contributed by atoms with van der Waals surface area (Å²) >= 11 is 0. The van der Waals surface area contributed by atoms with E-state index in [1.165, 1.54) is 6.42 Å². The van der Waals surface area contributed by atoms with Gasteiger partial charge in [-0.3, -0.25) is 14.5 Å². The predicted molar refractivity (Wildman–Crippen MR) is 114 cm³/mol. The van der Waals surface area contributed by atoms with Crippen LogP contribution in [0.2, 0.25) is 0 Å². The minimum atomic E-state index is 0.0442. The van der Waals surface area contributed by atoms with Gasteiger partial charge in [-0.15, -0.1) is 0 Å². The van der Waals surface area contributed by atoms with Gasteiger partial charge >= 0.3 is 0 Å². The summed E-state index contributed by atoms with van der Waals surface area (Å²) < 4.78 is 11.3. The number of likely N-dealkylation sites (tertiary alicyclic amines) is 1. The van der Waals surface area contributed by atoms with Gasteiger partial charge in [-0.05, 0) is 56.4 Å². The minimum absolute atomic E-state index is 0.0442. The highest BCUT2D eigenvalue weighted by molar-refractivity contribution is 5.94. The Morgan fingerprint density at radius 3 is 2.30 bits per heavy atom. The highest BCUT2D eigenvalue weighted by Crippen LogP contribution is 2.18. The van der Waals surface area contributed by atoms with E-state index in [0.29, 0.717) is 31.8 Å². The van der Waals surface area contributed by atoms with Crippen molar-refractivity contribution in [1.29, 1.82) is 0 Å². The number of hydrogen-bond donors (Lipinski definition) is 0. The van der Waals surface area contributed by atoms with Crippen molar-refractivity contribution in [2.24, 2.45) is 0 Å². The molecule has 3 heterocycles. The summed E-state index contributed by atoms with van der Waals surface area (Å²) in [4.78, 5) is 31.3. The van der Waals surface area contributed by atoms with E-state index < -0.39 is 0 Å². The highest BCUT2D eigenvalue weighted by atomic mass is 16.5. The SMILES string of the molecule is O=C(CN1CCN(C(=O)c2ccc(OCC3CCCO3)cc2)CC1)N1CCCCC1. The van der Waals surface area contributed by atoms with Crippen LogP contribution in [-0.2, 0) is 9.53 Å². The Hall–Kier alpha value is -2.12. The number of carbonyl (C=O) groups excluding carboxylic acids is 2. The van der Waals surface area contributed by atoms with Crippen LogP contribution in [0.25, 0.3) is 0 Å². The second-order valence-corrected chi connectivity index (χ2v) is 8.48. The molecule has 0 aromatic heterocycles. The molecule has 3 aliphatic heterocycles. The van der Waals surface area contributed by atoms with Crippen molar-refractivity contribution >= 4 is 11.8 Å². The third-order valence-corrected chi connectivity index (χ3v) is 6.29. The maximum absolute atomic E-state index is 12.8. The summed E-state index contributed by atoms with van der Waals surface area (Å²) in [6, 6.07) is 7.38. The van der Waals surface area contributed by atoms with Crippen molar-refractivity contribution in [3.63, 3.8) is 0 Å². The zero-order chi connectivity index (χ0) is 20.8. The molecule has 0 bridgehead atoms. The van der Waals surface area contributed by atoms with E-state index in [9.17, 15) is 9.59 Å². The first-order valence-corrected chi connectivity index (χ1v) is 11.3. The molecular formula is C23H33N3O4. The molecule has 1 atom stereocenters. The molecule has 0 aliphatic carbocycles. The Kier molecular flexibility index (Phi) is 7.23. The van der Waals surface area contributed by atoms with Gasteiger partial charge in [-0.2, -0.15) is 0 Å². The number of ether oxygens (including phenoxy) is 2. The van der Waals surface area contributed by atoms with Gasteiger partial charge in [0, 0.05) is 51.4 Å². The molecule has 7 heteroatoms. The van der Waals surface area contributed by atoms with Gasteiger partial charge in [0.1, 0.15) is 12.4 Å². The van der Waals surface area contributed by atoms with E-state index in [1.54, 1.807) is 0 Å². The molecule has 0 spiro atoms. The highest BCUT2D eigenvalue weighted by Gasteiger charge is 2.25. The number of benzene rings is 1. The van der Waals surface area contributed by atoms with Gasteiger partial charge in [0.2, 0.25) is 5.91 Å². The third kappa shape index (κ3) is 5.52. The number of piperidine rings is 1. The monoisotopic (exact) mass is 415 g/mol. The number of hydrogen-bond acceptors (Lipinski definition) is 5. The summed E-state index contributed by atoms with van der Waals surface area (Å²) in [5.74, 6) is 1.04. The maximum atomic E-state index is 12.8. The van der Waals surface area contributed by atoms with E-state index in [1.807, 2.05) is 34.1 Å². The number of piperazine rings is 1. The average molecular weight is 416 g/mol. The Labute approximate surface area is 178 Å². The lowest BCUT2D eigenvalue weighted by atomic mass is 10.1. The van der Waals surface area contributed by atoms with Crippen molar-refractivity contribution in [1.82, 2.24) is 14.7 Å². The topological polar surface area (TPSA) is 62.3 Å². The first kappa shape index (κ1) is 21.1. The normalized spacial score (nSPS) is 22.9. The molecule has 0 N–H and O–H groups in total. The van der Waals surface area contributed by atoms with Gasteiger partial charge in [-0.1, -0.05) is 0 Å². The van der Waals surface area contributed by atoms with E-state index in [4.69, 9.17) is 9.47 Å². The summed E-state index contributed by atoms with van der Waals surface area (Å²) in [6.45, 7) is 6.44. The fourth-order valence-corrected chi connectivity index (χ4v) is 4.38. The van der Waals surface area contributed by atoms with Gasteiger partial charge in [0.25, 0.3) is 5.91 Å². The quantitative estimate of drug-likeness (QED) is 0.711. The number of carbonyl (C=O) groups is 2. The predicted octanol–water partition coefficient (Wildman–Crippen LogP) is 2.01. The van der Waals surface area contributed by atoms with Crippen molar-refractivity contribution in [3.05, 3.63) is 29.8 Å². The molecule has 1 unspecified atom stereocenters. The summed E-state index contributed by atoms with van der Waals surface area (Å²) in [5.41, 5.74) is 0.678. The van der Waals surface area contributed by atoms with Crippen molar-refractivity contribution in [2.75, 3.05) is 59.0 Å². The zero-order valence-electron chi connectivity index (χ0n) is 17.8. The molecule has 3 aliphatic rings. The van der Waals surface area contributed by atoms with Crippen LogP contribution in [-0.4, -0.2) is 91.6 Å². The lowest BCUT2D eigenvalue weighted by molar-refractivity contribution is -0.133. The molecule has 3 fully saturated rings. The maximum Gasteiger partial charge on any atom is 0.253 e. The van der Waals surface area contributed by atoms with E-state index in [2.05, 4.69) is 4.90 Å². The molecule has 4 rings (SSSR count). The Bertz CT molecular complexity index is 704. The minimum Gasteiger partial charge on any atom is -0.491 e. The van der Waals surface area contributed by atoms with Crippen molar-refractivity contribution in [2.45, 2.75) is 38.2 Å². The van der Waals surface area contributed by atoms with E-state index in [-0.39, 0.29) is 17.9 Å². The van der Waals surface area contributed by atoms with Crippen LogP contribution in [0.5, 0.6) is 5.75 Å². The molecule has 3 saturated heterocycles. The third-order valence-electron chi connectivity index (χ3n) is 6.29.